The molecule has 104 valence electrons. The molecule has 1 N–H and O–H groups in total. The van der Waals surface area contributed by atoms with E-state index in [2.05, 4.69) is 5.32 Å². The first-order valence-corrected chi connectivity index (χ1v) is 6.54. The maximum absolute atomic E-state index is 12.3. The van der Waals surface area contributed by atoms with E-state index in [1.54, 1.807) is 17.0 Å². The Labute approximate surface area is 122 Å². The number of benzene rings is 1. The Hall–Kier alpha value is -2.95. The minimum atomic E-state index is -0.338. The molecular formula is C16H14N3O2+. The van der Waals surface area contributed by atoms with Gasteiger partial charge in [0.25, 0.3) is 5.91 Å². The van der Waals surface area contributed by atoms with Crippen molar-refractivity contribution in [2.75, 3.05) is 12.4 Å². The zero-order chi connectivity index (χ0) is 14.8. The second kappa shape index (κ2) is 5.20. The van der Waals surface area contributed by atoms with Crippen molar-refractivity contribution in [3.8, 4) is 0 Å². The van der Waals surface area contributed by atoms with Crippen LogP contribution in [0.25, 0.3) is 5.70 Å². The van der Waals surface area contributed by atoms with Crippen LogP contribution in [-0.2, 0) is 9.59 Å². The van der Waals surface area contributed by atoms with E-state index in [0.717, 1.165) is 10.6 Å². The van der Waals surface area contributed by atoms with Gasteiger partial charge in [-0.3, -0.25) is 14.5 Å². The molecule has 5 heteroatoms. The highest BCUT2D eigenvalue weighted by Crippen LogP contribution is 2.21. The number of hydrogen-bond acceptors (Lipinski definition) is 3. The van der Waals surface area contributed by atoms with Gasteiger partial charge in [-0.05, 0) is 12.1 Å². The molecular weight excluding hydrogens is 266 g/mol. The van der Waals surface area contributed by atoms with Crippen LogP contribution >= 0.6 is 0 Å². The molecule has 1 aromatic carbocycles. The summed E-state index contributed by atoms with van der Waals surface area (Å²) in [5, 5.41) is 3.05. The summed E-state index contributed by atoms with van der Waals surface area (Å²) < 4.78 is 1.65. The number of pyridine rings is 1. The molecule has 1 aliphatic rings. The molecule has 2 amide bonds. The third-order valence-electron chi connectivity index (χ3n) is 3.28. The van der Waals surface area contributed by atoms with Gasteiger partial charge in [0.05, 0.1) is 0 Å². The summed E-state index contributed by atoms with van der Waals surface area (Å²) in [7, 11) is 1.48. The number of nitrogens with one attached hydrogen (secondary N) is 1. The molecule has 2 aromatic rings. The minimum absolute atomic E-state index is 0.282. The van der Waals surface area contributed by atoms with Gasteiger partial charge in [-0.2, -0.15) is 4.57 Å². The smallest absolute Gasteiger partial charge is 0.328 e. The topological polar surface area (TPSA) is 53.3 Å². The molecule has 3 rings (SSSR count). The summed E-state index contributed by atoms with van der Waals surface area (Å²) in [5.41, 5.74) is 1.37. The van der Waals surface area contributed by atoms with E-state index in [0.29, 0.717) is 5.70 Å². The average molecular weight is 280 g/mol. The lowest BCUT2D eigenvalue weighted by Gasteiger charge is -2.06. The number of amides is 2. The highest BCUT2D eigenvalue weighted by atomic mass is 16.2. The predicted molar refractivity (Wildman–Crippen MR) is 77.7 cm³/mol. The Balaban J connectivity index is 2.09. The van der Waals surface area contributed by atoms with Gasteiger partial charge in [-0.1, -0.05) is 24.3 Å². The SMILES string of the molecule is CN1C(=O)C(Nc2ccccc2)=C([n+]2ccccc2)C1=O. The van der Waals surface area contributed by atoms with Gasteiger partial charge in [-0.25, -0.2) is 0 Å². The van der Waals surface area contributed by atoms with Crippen molar-refractivity contribution in [1.82, 2.24) is 4.90 Å². The molecule has 0 unspecified atom stereocenters. The van der Waals surface area contributed by atoms with Crippen LogP contribution in [0.3, 0.4) is 0 Å². The summed E-state index contributed by atoms with van der Waals surface area (Å²) in [4.78, 5) is 25.7. The number of likely N-dealkylation sites (N-methyl/N-ethyl adjacent to an activating group) is 1. The van der Waals surface area contributed by atoms with Crippen molar-refractivity contribution in [3.63, 3.8) is 0 Å². The summed E-state index contributed by atoms with van der Waals surface area (Å²) in [6, 6.07) is 14.8. The summed E-state index contributed by atoms with van der Waals surface area (Å²) in [6.45, 7) is 0. The Kier molecular flexibility index (Phi) is 3.23. The molecule has 0 fully saturated rings. The van der Waals surface area contributed by atoms with Crippen molar-refractivity contribution in [2.45, 2.75) is 0 Å². The molecule has 2 heterocycles. The largest absolute Gasteiger partial charge is 0.345 e. The van der Waals surface area contributed by atoms with E-state index in [1.165, 1.54) is 7.05 Å². The number of hydrogen-bond donors (Lipinski definition) is 1. The van der Waals surface area contributed by atoms with Crippen molar-refractivity contribution in [2.24, 2.45) is 0 Å². The van der Waals surface area contributed by atoms with Crippen LogP contribution in [0.1, 0.15) is 0 Å². The second-order valence-corrected chi connectivity index (χ2v) is 4.67. The van der Waals surface area contributed by atoms with E-state index < -0.39 is 0 Å². The van der Waals surface area contributed by atoms with Gasteiger partial charge < -0.3 is 5.32 Å². The molecule has 0 bridgehead atoms. The number of aromatic nitrogens is 1. The molecule has 0 spiro atoms. The van der Waals surface area contributed by atoms with Crippen LogP contribution in [0.4, 0.5) is 5.69 Å². The first-order chi connectivity index (χ1) is 10.2. The van der Waals surface area contributed by atoms with Crippen molar-refractivity contribution in [1.29, 1.82) is 0 Å². The lowest BCUT2D eigenvalue weighted by atomic mass is 10.3. The van der Waals surface area contributed by atoms with Crippen LogP contribution in [0.2, 0.25) is 0 Å². The van der Waals surface area contributed by atoms with Crippen LogP contribution in [0, 0.1) is 0 Å². The van der Waals surface area contributed by atoms with Crippen LogP contribution in [0.15, 0.2) is 66.6 Å². The van der Waals surface area contributed by atoms with Gasteiger partial charge in [0.15, 0.2) is 18.1 Å². The average Bonchev–Trinajstić information content (AvgIpc) is 2.74. The van der Waals surface area contributed by atoms with E-state index in [1.807, 2.05) is 48.5 Å². The molecule has 0 aliphatic carbocycles. The number of carbonyl (C=O) groups excluding carboxylic acids is 2. The van der Waals surface area contributed by atoms with Crippen LogP contribution in [0.5, 0.6) is 0 Å². The van der Waals surface area contributed by atoms with Gasteiger partial charge in [0.2, 0.25) is 0 Å². The minimum Gasteiger partial charge on any atom is -0.345 e. The number of carbonyl (C=O) groups is 2. The number of rotatable bonds is 3. The first-order valence-electron chi connectivity index (χ1n) is 6.54. The van der Waals surface area contributed by atoms with Crippen LogP contribution in [-0.4, -0.2) is 23.8 Å². The van der Waals surface area contributed by atoms with Crippen LogP contribution < -0.4 is 9.88 Å². The number of para-hydroxylation sites is 1. The number of nitrogens with zero attached hydrogens (tertiary/aromatic N) is 2. The van der Waals surface area contributed by atoms with Crippen molar-refractivity contribution >= 4 is 23.2 Å². The molecule has 1 aromatic heterocycles. The van der Waals surface area contributed by atoms with Crippen molar-refractivity contribution in [3.05, 3.63) is 66.6 Å². The fourth-order valence-corrected chi connectivity index (χ4v) is 2.19. The molecule has 0 atom stereocenters. The van der Waals surface area contributed by atoms with E-state index in [9.17, 15) is 9.59 Å². The molecule has 1 aliphatic heterocycles. The number of anilines is 1. The Morgan fingerprint density at radius 2 is 1.52 bits per heavy atom. The third kappa shape index (κ3) is 2.29. The van der Waals surface area contributed by atoms with Gasteiger partial charge in [0, 0.05) is 24.9 Å². The summed E-state index contributed by atoms with van der Waals surface area (Å²) in [5.74, 6) is -0.662. The quantitative estimate of drug-likeness (QED) is 0.680. The fraction of sp³-hybridized carbons (Fsp3) is 0.0625. The number of imide groups is 1. The van der Waals surface area contributed by atoms with Crippen molar-refractivity contribution < 1.29 is 14.2 Å². The summed E-state index contributed by atoms with van der Waals surface area (Å²) >= 11 is 0. The standard InChI is InChI=1S/C16H13N3O2/c1-18-15(20)13(17-12-8-4-2-5-9-12)14(16(18)21)19-10-6-3-7-11-19/h2-11H,1H3/p+1. The van der Waals surface area contributed by atoms with E-state index in [-0.39, 0.29) is 17.5 Å². The fourth-order valence-electron chi connectivity index (χ4n) is 2.19. The molecule has 0 saturated heterocycles. The first kappa shape index (κ1) is 13.1. The molecule has 21 heavy (non-hydrogen) atoms. The zero-order valence-corrected chi connectivity index (χ0v) is 11.5. The highest BCUT2D eigenvalue weighted by Gasteiger charge is 2.42. The van der Waals surface area contributed by atoms with Gasteiger partial charge in [-0.15, -0.1) is 0 Å². The highest BCUT2D eigenvalue weighted by molar-refractivity contribution is 6.30. The Bertz CT molecular complexity index is 724. The third-order valence-corrected chi connectivity index (χ3v) is 3.28. The molecule has 0 saturated carbocycles. The molecule has 0 radical (unpaired) electrons. The molecule has 5 nitrogen and oxygen atoms in total. The Morgan fingerprint density at radius 3 is 2.19 bits per heavy atom. The Morgan fingerprint density at radius 1 is 0.905 bits per heavy atom. The van der Waals surface area contributed by atoms with Gasteiger partial charge in [0.1, 0.15) is 0 Å². The maximum atomic E-state index is 12.3. The lowest BCUT2D eigenvalue weighted by molar-refractivity contribution is -0.577. The monoisotopic (exact) mass is 280 g/mol. The normalized spacial score (nSPS) is 14.8. The lowest BCUT2D eigenvalue weighted by Crippen LogP contribution is -2.38. The summed E-state index contributed by atoms with van der Waals surface area (Å²) in [6.07, 6.45) is 3.48. The van der Waals surface area contributed by atoms with E-state index >= 15 is 0 Å². The maximum Gasteiger partial charge on any atom is 0.328 e. The second-order valence-electron chi connectivity index (χ2n) is 4.67. The van der Waals surface area contributed by atoms with Gasteiger partial charge >= 0.3 is 11.6 Å². The van der Waals surface area contributed by atoms with E-state index in [4.69, 9.17) is 0 Å². The zero-order valence-electron chi connectivity index (χ0n) is 11.5. The predicted octanol–water partition coefficient (Wildman–Crippen LogP) is 1.25.